The molecular weight excluding hydrogens is 278 g/mol. The number of methoxy groups -OCH3 is 1. The number of aromatic nitrogens is 1. The van der Waals surface area contributed by atoms with Gasteiger partial charge in [0.15, 0.2) is 0 Å². The van der Waals surface area contributed by atoms with Gasteiger partial charge in [0, 0.05) is 25.2 Å². The Bertz CT molecular complexity index is 670. The lowest BCUT2D eigenvalue weighted by Crippen LogP contribution is -2.42. The SMILES string of the molecule is COc1ccc(CN(C)C(=O)[C@@H](C)N(C)C)c2cccnc12. The number of nitrogens with zero attached hydrogens (tertiary/aromatic N) is 3. The van der Waals surface area contributed by atoms with Gasteiger partial charge in [-0.3, -0.25) is 14.7 Å². The van der Waals surface area contributed by atoms with E-state index >= 15 is 0 Å². The van der Waals surface area contributed by atoms with Crippen molar-refractivity contribution in [2.45, 2.75) is 19.5 Å². The van der Waals surface area contributed by atoms with Crippen LogP contribution in [0.2, 0.25) is 0 Å². The number of pyridine rings is 1. The van der Waals surface area contributed by atoms with Gasteiger partial charge in [-0.15, -0.1) is 0 Å². The number of ether oxygens (including phenoxy) is 1. The van der Waals surface area contributed by atoms with Crippen LogP contribution in [-0.2, 0) is 11.3 Å². The molecule has 0 N–H and O–H groups in total. The number of fused-ring (bicyclic) bond motifs is 1. The molecule has 1 aromatic carbocycles. The zero-order chi connectivity index (χ0) is 16.3. The third kappa shape index (κ3) is 3.20. The van der Waals surface area contributed by atoms with E-state index in [9.17, 15) is 4.79 Å². The largest absolute Gasteiger partial charge is 0.494 e. The Hall–Kier alpha value is -2.14. The minimum Gasteiger partial charge on any atom is -0.494 e. The average molecular weight is 301 g/mol. The third-order valence-corrected chi connectivity index (χ3v) is 3.96. The number of benzene rings is 1. The quantitative estimate of drug-likeness (QED) is 0.849. The molecule has 1 atom stereocenters. The summed E-state index contributed by atoms with van der Waals surface area (Å²) in [7, 11) is 7.28. The summed E-state index contributed by atoms with van der Waals surface area (Å²) in [5.74, 6) is 0.841. The first kappa shape index (κ1) is 16.2. The molecule has 0 aliphatic heterocycles. The molecule has 1 amide bonds. The Balaban J connectivity index is 2.31. The number of likely N-dealkylation sites (N-methyl/N-ethyl adjacent to an activating group) is 2. The fraction of sp³-hybridized carbons (Fsp3) is 0.412. The predicted octanol–water partition coefficient (Wildman–Crippen LogP) is 2.15. The van der Waals surface area contributed by atoms with Gasteiger partial charge in [-0.25, -0.2) is 0 Å². The summed E-state index contributed by atoms with van der Waals surface area (Å²) in [6.07, 6.45) is 1.75. The van der Waals surface area contributed by atoms with E-state index in [0.29, 0.717) is 6.54 Å². The number of carbonyl (C=O) groups is 1. The lowest BCUT2D eigenvalue weighted by atomic mass is 10.1. The molecule has 0 unspecified atom stereocenters. The van der Waals surface area contributed by atoms with Crippen LogP contribution in [0.5, 0.6) is 5.75 Å². The van der Waals surface area contributed by atoms with Crippen LogP contribution in [0.4, 0.5) is 0 Å². The molecule has 118 valence electrons. The molecule has 0 fully saturated rings. The normalized spacial score (nSPS) is 12.5. The van der Waals surface area contributed by atoms with Crippen LogP contribution in [0.1, 0.15) is 12.5 Å². The van der Waals surface area contributed by atoms with E-state index in [1.54, 1.807) is 18.2 Å². The summed E-state index contributed by atoms with van der Waals surface area (Å²) < 4.78 is 5.35. The molecule has 22 heavy (non-hydrogen) atoms. The summed E-state index contributed by atoms with van der Waals surface area (Å²) in [6, 6.07) is 7.65. The van der Waals surface area contributed by atoms with Crippen molar-refractivity contribution in [3.8, 4) is 5.75 Å². The van der Waals surface area contributed by atoms with Crippen LogP contribution in [-0.4, -0.2) is 55.0 Å². The molecular formula is C17H23N3O2. The Morgan fingerprint density at radius 2 is 2.00 bits per heavy atom. The summed E-state index contributed by atoms with van der Waals surface area (Å²) in [5, 5.41) is 1.01. The zero-order valence-electron chi connectivity index (χ0n) is 13.8. The lowest BCUT2D eigenvalue weighted by molar-refractivity contribution is -0.134. The maximum absolute atomic E-state index is 12.4. The fourth-order valence-electron chi connectivity index (χ4n) is 2.38. The third-order valence-electron chi connectivity index (χ3n) is 3.96. The first-order valence-electron chi connectivity index (χ1n) is 7.27. The van der Waals surface area contributed by atoms with Gasteiger partial charge in [0.25, 0.3) is 0 Å². The predicted molar refractivity (Wildman–Crippen MR) is 87.9 cm³/mol. The molecule has 0 aliphatic carbocycles. The highest BCUT2D eigenvalue weighted by atomic mass is 16.5. The van der Waals surface area contributed by atoms with Gasteiger partial charge in [-0.1, -0.05) is 12.1 Å². The molecule has 0 aliphatic rings. The standard InChI is InChI=1S/C17H23N3O2/c1-12(19(2)3)17(21)20(4)11-13-8-9-15(22-5)16-14(13)7-6-10-18-16/h6-10,12H,11H2,1-5H3/t12-/m1/s1. The molecule has 0 bridgehead atoms. The minimum absolute atomic E-state index is 0.0952. The zero-order valence-corrected chi connectivity index (χ0v) is 13.8. The van der Waals surface area contributed by atoms with E-state index in [4.69, 9.17) is 4.74 Å². The molecule has 0 saturated heterocycles. The average Bonchev–Trinajstić information content (AvgIpc) is 2.53. The highest BCUT2D eigenvalue weighted by Gasteiger charge is 2.20. The second-order valence-electron chi connectivity index (χ2n) is 5.66. The van der Waals surface area contributed by atoms with Crippen molar-refractivity contribution >= 4 is 16.8 Å². The van der Waals surface area contributed by atoms with E-state index < -0.39 is 0 Å². The van der Waals surface area contributed by atoms with Gasteiger partial charge in [0.2, 0.25) is 5.91 Å². The maximum Gasteiger partial charge on any atom is 0.239 e. The summed E-state index contributed by atoms with van der Waals surface area (Å²) >= 11 is 0. The molecule has 0 spiro atoms. The number of carbonyl (C=O) groups excluding carboxylic acids is 1. The van der Waals surface area contributed by atoms with Crippen molar-refractivity contribution < 1.29 is 9.53 Å². The molecule has 2 aromatic rings. The molecule has 0 radical (unpaired) electrons. The minimum atomic E-state index is -0.146. The highest BCUT2D eigenvalue weighted by Crippen LogP contribution is 2.27. The first-order valence-corrected chi connectivity index (χ1v) is 7.27. The van der Waals surface area contributed by atoms with Crippen LogP contribution in [0, 0.1) is 0 Å². The second kappa shape index (κ2) is 6.75. The summed E-state index contributed by atoms with van der Waals surface area (Å²) in [6.45, 7) is 2.45. The van der Waals surface area contributed by atoms with Gasteiger partial charge in [0.05, 0.1) is 13.2 Å². The summed E-state index contributed by atoms with van der Waals surface area (Å²) in [5.41, 5.74) is 1.88. The molecule has 1 heterocycles. The molecule has 1 aromatic heterocycles. The number of rotatable bonds is 5. The van der Waals surface area contributed by atoms with Crippen LogP contribution in [0.15, 0.2) is 30.5 Å². The topological polar surface area (TPSA) is 45.7 Å². The van der Waals surface area contributed by atoms with Gasteiger partial charge < -0.3 is 9.64 Å². The van der Waals surface area contributed by atoms with Crippen LogP contribution >= 0.6 is 0 Å². The van der Waals surface area contributed by atoms with Crippen molar-refractivity contribution in [1.29, 1.82) is 0 Å². The van der Waals surface area contributed by atoms with E-state index in [2.05, 4.69) is 4.98 Å². The molecule has 2 rings (SSSR count). The Kier molecular flexibility index (Phi) is 4.98. The maximum atomic E-state index is 12.4. The Morgan fingerprint density at radius 1 is 1.27 bits per heavy atom. The van der Waals surface area contributed by atoms with E-state index in [0.717, 1.165) is 22.2 Å². The lowest BCUT2D eigenvalue weighted by Gasteiger charge is -2.26. The van der Waals surface area contributed by atoms with Crippen molar-refractivity contribution in [3.63, 3.8) is 0 Å². The van der Waals surface area contributed by atoms with Crippen LogP contribution in [0.25, 0.3) is 10.9 Å². The Morgan fingerprint density at radius 3 is 2.64 bits per heavy atom. The van der Waals surface area contributed by atoms with Gasteiger partial charge in [-0.2, -0.15) is 0 Å². The van der Waals surface area contributed by atoms with Gasteiger partial charge in [-0.05, 0) is 38.7 Å². The monoisotopic (exact) mass is 301 g/mol. The van der Waals surface area contributed by atoms with Gasteiger partial charge >= 0.3 is 0 Å². The van der Waals surface area contributed by atoms with Crippen LogP contribution < -0.4 is 4.74 Å². The highest BCUT2D eigenvalue weighted by molar-refractivity contribution is 5.88. The van der Waals surface area contributed by atoms with E-state index in [-0.39, 0.29) is 11.9 Å². The van der Waals surface area contributed by atoms with Crippen LogP contribution in [0.3, 0.4) is 0 Å². The molecule has 0 saturated carbocycles. The molecule has 5 nitrogen and oxygen atoms in total. The van der Waals surface area contributed by atoms with Crippen molar-refractivity contribution in [1.82, 2.24) is 14.8 Å². The second-order valence-corrected chi connectivity index (χ2v) is 5.66. The fourth-order valence-corrected chi connectivity index (χ4v) is 2.38. The number of hydrogen-bond acceptors (Lipinski definition) is 4. The van der Waals surface area contributed by atoms with Crippen molar-refractivity contribution in [2.24, 2.45) is 0 Å². The first-order chi connectivity index (χ1) is 10.5. The number of hydrogen-bond donors (Lipinski definition) is 0. The van der Waals surface area contributed by atoms with Gasteiger partial charge in [0.1, 0.15) is 11.3 Å². The number of amides is 1. The van der Waals surface area contributed by atoms with Crippen molar-refractivity contribution in [3.05, 3.63) is 36.0 Å². The van der Waals surface area contributed by atoms with E-state index in [1.165, 1.54) is 0 Å². The smallest absolute Gasteiger partial charge is 0.239 e. The summed E-state index contributed by atoms with van der Waals surface area (Å²) in [4.78, 5) is 20.4. The molecule has 5 heteroatoms. The Labute approximate surface area is 131 Å². The van der Waals surface area contributed by atoms with E-state index in [1.807, 2.05) is 57.2 Å². The van der Waals surface area contributed by atoms with Crippen molar-refractivity contribution in [2.75, 3.05) is 28.3 Å².